The first-order valence-corrected chi connectivity index (χ1v) is 11.6. The Morgan fingerprint density at radius 1 is 1.03 bits per heavy atom. The topological polar surface area (TPSA) is 75.4 Å². The molecule has 6 rings (SSSR count). The molecule has 4 saturated carbocycles. The van der Waals surface area contributed by atoms with Crippen LogP contribution in [-0.4, -0.2) is 29.9 Å². The van der Waals surface area contributed by atoms with Crippen molar-refractivity contribution in [2.75, 3.05) is 18.4 Å². The smallest absolute Gasteiger partial charge is 0.316 e. The van der Waals surface area contributed by atoms with Crippen molar-refractivity contribution in [1.29, 1.82) is 0 Å². The highest BCUT2D eigenvalue weighted by Gasteiger charge is 2.62. The molecule has 4 bridgehead atoms. The van der Waals surface area contributed by atoms with Crippen LogP contribution in [0.15, 0.2) is 24.3 Å². The summed E-state index contributed by atoms with van der Waals surface area (Å²) in [4.78, 5) is 26.4. The van der Waals surface area contributed by atoms with Crippen molar-refractivity contribution < 1.29 is 9.59 Å². The second-order valence-corrected chi connectivity index (χ2v) is 11.6. The van der Waals surface area contributed by atoms with Crippen LogP contribution in [0.1, 0.15) is 75.6 Å². The maximum atomic E-state index is 13.2. The van der Waals surface area contributed by atoms with Crippen molar-refractivity contribution in [3.05, 3.63) is 29.8 Å². The summed E-state index contributed by atoms with van der Waals surface area (Å²) in [5.74, 6) is 1.65. The third-order valence-electron chi connectivity index (χ3n) is 8.64. The highest BCUT2D eigenvalue weighted by molar-refractivity contribution is 5.95. The van der Waals surface area contributed by atoms with E-state index in [0.717, 1.165) is 25.4 Å². The van der Waals surface area contributed by atoms with Crippen molar-refractivity contribution >= 4 is 17.6 Å². The van der Waals surface area contributed by atoms with Crippen LogP contribution in [0.5, 0.6) is 0 Å². The molecule has 0 radical (unpaired) electrons. The minimum Gasteiger partial charge on any atom is -0.351 e. The lowest BCUT2D eigenvalue weighted by Crippen LogP contribution is -2.59. The molecule has 5 nitrogen and oxygen atoms in total. The summed E-state index contributed by atoms with van der Waals surface area (Å²) in [5, 5.41) is 2.55. The van der Waals surface area contributed by atoms with E-state index in [4.69, 9.17) is 5.73 Å². The van der Waals surface area contributed by atoms with Gasteiger partial charge in [0.15, 0.2) is 0 Å². The molecule has 0 spiro atoms. The molecule has 30 heavy (non-hydrogen) atoms. The molecular weight excluding hydrogens is 374 g/mol. The van der Waals surface area contributed by atoms with Gasteiger partial charge in [0, 0.05) is 24.3 Å². The number of likely N-dealkylation sites (tertiary alicyclic amines) is 1. The van der Waals surface area contributed by atoms with Gasteiger partial charge in [0.2, 0.25) is 0 Å². The molecule has 1 aromatic rings. The zero-order chi connectivity index (χ0) is 21.1. The number of nitrogens with two attached hydrogens (primary N) is 1. The average molecular weight is 410 g/mol. The Balaban J connectivity index is 1.33. The van der Waals surface area contributed by atoms with Gasteiger partial charge in [0.05, 0.1) is 0 Å². The van der Waals surface area contributed by atoms with Gasteiger partial charge in [0.25, 0.3) is 5.91 Å². The lowest BCUT2D eigenvalue weighted by molar-refractivity contribution is -0.173. The Labute approximate surface area is 179 Å². The van der Waals surface area contributed by atoms with E-state index in [-0.39, 0.29) is 5.91 Å². The van der Waals surface area contributed by atoms with Crippen LogP contribution < -0.4 is 11.1 Å². The molecule has 1 aromatic carbocycles. The molecule has 4 aliphatic carbocycles. The molecule has 3 N–H and O–H groups in total. The molecule has 1 saturated heterocycles. The number of primary amides is 1. The van der Waals surface area contributed by atoms with E-state index >= 15 is 0 Å². The fraction of sp³-hybridized carbons (Fsp3) is 0.680. The monoisotopic (exact) mass is 409 g/mol. The molecule has 3 amide bonds. The van der Waals surface area contributed by atoms with E-state index in [1.54, 1.807) is 24.3 Å². The molecule has 5 aliphatic rings. The van der Waals surface area contributed by atoms with Crippen molar-refractivity contribution in [2.24, 2.45) is 33.8 Å². The fourth-order valence-electron chi connectivity index (χ4n) is 8.67. The number of hydrogen-bond donors (Lipinski definition) is 2. The fourth-order valence-corrected chi connectivity index (χ4v) is 8.67. The SMILES string of the molecule is C[C@]12CC3CC([C@@H]4CCCN(C(=O)c5ccc(NC(N)=O)cc5)C4)(C1)C[C@@](C)(C3)C2. The van der Waals surface area contributed by atoms with E-state index in [9.17, 15) is 9.59 Å². The highest BCUT2D eigenvalue weighted by Crippen LogP contribution is 2.71. The highest BCUT2D eigenvalue weighted by atomic mass is 16.2. The third kappa shape index (κ3) is 3.40. The Hall–Kier alpha value is -2.04. The number of carbonyl (C=O) groups excluding carboxylic acids is 2. The summed E-state index contributed by atoms with van der Waals surface area (Å²) in [6.07, 6.45) is 10.7. The Morgan fingerprint density at radius 2 is 1.70 bits per heavy atom. The number of rotatable bonds is 3. The van der Waals surface area contributed by atoms with E-state index in [1.807, 2.05) is 0 Å². The predicted octanol–water partition coefficient (Wildman–Crippen LogP) is 5.03. The number of nitrogens with zero attached hydrogens (tertiary/aromatic N) is 1. The van der Waals surface area contributed by atoms with Crippen LogP contribution in [-0.2, 0) is 0 Å². The van der Waals surface area contributed by atoms with E-state index < -0.39 is 6.03 Å². The van der Waals surface area contributed by atoms with Gasteiger partial charge in [-0.3, -0.25) is 4.79 Å². The first-order chi connectivity index (χ1) is 14.2. The Kier molecular flexibility index (Phi) is 4.46. The van der Waals surface area contributed by atoms with Gasteiger partial charge in [-0.1, -0.05) is 13.8 Å². The van der Waals surface area contributed by atoms with Crippen molar-refractivity contribution in [3.63, 3.8) is 0 Å². The number of urea groups is 1. The molecule has 162 valence electrons. The van der Waals surface area contributed by atoms with Gasteiger partial charge in [0.1, 0.15) is 0 Å². The van der Waals surface area contributed by atoms with Crippen LogP contribution in [0.25, 0.3) is 0 Å². The molecular formula is C25H35N3O2. The van der Waals surface area contributed by atoms with Gasteiger partial charge >= 0.3 is 6.03 Å². The number of carbonyl (C=O) groups is 2. The molecule has 0 aromatic heterocycles. The zero-order valence-corrected chi connectivity index (χ0v) is 18.4. The maximum absolute atomic E-state index is 13.2. The van der Waals surface area contributed by atoms with Gasteiger partial charge in [-0.2, -0.15) is 0 Å². The quantitative estimate of drug-likeness (QED) is 0.735. The van der Waals surface area contributed by atoms with Gasteiger partial charge in [-0.25, -0.2) is 4.79 Å². The van der Waals surface area contributed by atoms with E-state index in [1.165, 1.54) is 44.9 Å². The van der Waals surface area contributed by atoms with Crippen molar-refractivity contribution in [3.8, 4) is 0 Å². The van der Waals surface area contributed by atoms with Crippen LogP contribution >= 0.6 is 0 Å². The van der Waals surface area contributed by atoms with Crippen LogP contribution in [0.2, 0.25) is 0 Å². The average Bonchev–Trinajstić information content (AvgIpc) is 2.65. The summed E-state index contributed by atoms with van der Waals surface area (Å²) in [7, 11) is 0. The summed E-state index contributed by atoms with van der Waals surface area (Å²) in [6, 6.07) is 6.50. The molecule has 5 atom stereocenters. The number of benzene rings is 1. The lowest BCUT2D eigenvalue weighted by atomic mass is 9.38. The summed E-state index contributed by atoms with van der Waals surface area (Å²) >= 11 is 0. The number of nitrogens with one attached hydrogen (secondary N) is 1. The molecule has 1 heterocycles. The van der Waals surface area contributed by atoms with E-state index in [0.29, 0.717) is 33.4 Å². The molecule has 5 fully saturated rings. The first-order valence-electron chi connectivity index (χ1n) is 11.6. The van der Waals surface area contributed by atoms with Crippen LogP contribution in [0.3, 0.4) is 0 Å². The standard InChI is InChI=1S/C25H35N3O2/c1-23-10-17-11-24(2,14-23)16-25(12-17,15-23)19-4-3-9-28(13-19)21(29)18-5-7-20(8-6-18)27-22(26)30/h5-8,17,19H,3-4,9-16H2,1-2H3,(H3,26,27,30)/t17?,19-,23-,24+,25?/m1/s1. The molecule has 5 heteroatoms. The predicted molar refractivity (Wildman–Crippen MR) is 118 cm³/mol. The Morgan fingerprint density at radius 3 is 2.30 bits per heavy atom. The number of amides is 3. The zero-order valence-electron chi connectivity index (χ0n) is 18.4. The minimum absolute atomic E-state index is 0.118. The third-order valence-corrected chi connectivity index (χ3v) is 8.64. The largest absolute Gasteiger partial charge is 0.351 e. The normalized spacial score (nSPS) is 39.7. The number of hydrogen-bond acceptors (Lipinski definition) is 2. The molecule has 2 unspecified atom stereocenters. The second-order valence-electron chi connectivity index (χ2n) is 11.6. The van der Waals surface area contributed by atoms with Gasteiger partial charge in [-0.05, 0) is 104 Å². The molecule has 1 aliphatic heterocycles. The number of anilines is 1. The lowest BCUT2D eigenvalue weighted by Gasteiger charge is -2.68. The number of piperidine rings is 1. The van der Waals surface area contributed by atoms with Crippen molar-refractivity contribution in [2.45, 2.75) is 65.2 Å². The first kappa shape index (κ1) is 19.9. The van der Waals surface area contributed by atoms with Crippen LogP contribution in [0.4, 0.5) is 10.5 Å². The second kappa shape index (κ2) is 6.73. The van der Waals surface area contributed by atoms with Crippen LogP contribution in [0, 0.1) is 28.1 Å². The Bertz CT molecular complexity index is 846. The minimum atomic E-state index is -0.592. The summed E-state index contributed by atoms with van der Waals surface area (Å²) in [5.41, 5.74) is 7.95. The maximum Gasteiger partial charge on any atom is 0.316 e. The van der Waals surface area contributed by atoms with Crippen molar-refractivity contribution in [1.82, 2.24) is 4.90 Å². The van der Waals surface area contributed by atoms with E-state index in [2.05, 4.69) is 24.1 Å². The van der Waals surface area contributed by atoms with Gasteiger partial charge in [-0.15, -0.1) is 0 Å². The van der Waals surface area contributed by atoms with Gasteiger partial charge < -0.3 is 16.0 Å². The summed E-state index contributed by atoms with van der Waals surface area (Å²) < 4.78 is 0. The summed E-state index contributed by atoms with van der Waals surface area (Å²) in [6.45, 7) is 6.83.